The number of carbonyl (C=O) groups is 5. The molecule has 5 aromatic rings. The summed E-state index contributed by atoms with van der Waals surface area (Å²) in [6, 6.07) is 16.6. The lowest BCUT2D eigenvalue weighted by atomic mass is 10.1. The van der Waals surface area contributed by atoms with Crippen LogP contribution in [-0.2, 0) is 34.0 Å². The minimum atomic E-state index is -1.38. The second-order valence-corrected chi connectivity index (χ2v) is 15.5. The smallest absolute Gasteiger partial charge is 0.410 e. The lowest BCUT2D eigenvalue weighted by Crippen LogP contribution is -2.49. The number of aryl methyl sites for hydroxylation is 1. The number of piperazine rings is 1. The van der Waals surface area contributed by atoms with Crippen LogP contribution in [0.5, 0.6) is 0 Å². The molecule has 3 heterocycles. The normalized spacial score (nSPS) is 13.5. The number of primary amides is 1. The topological polar surface area (TPSA) is 245 Å². The third-order valence-corrected chi connectivity index (χ3v) is 11.0. The van der Waals surface area contributed by atoms with Gasteiger partial charge in [-0.05, 0) is 61.6 Å². The van der Waals surface area contributed by atoms with Crippen molar-refractivity contribution in [3.8, 4) is 0 Å². The predicted octanol–water partition coefficient (Wildman–Crippen LogP) is 5.70. The van der Waals surface area contributed by atoms with E-state index >= 15 is 4.39 Å². The number of hydrogen-bond donors (Lipinski definition) is 5. The van der Waals surface area contributed by atoms with Crippen molar-refractivity contribution in [2.24, 2.45) is 5.73 Å². The number of hydrogen-bond acceptors (Lipinski definition) is 11. The molecule has 2 atom stereocenters. The molecule has 5 amide bonds. The highest BCUT2D eigenvalue weighted by molar-refractivity contribution is 5.94. The van der Waals surface area contributed by atoms with Crippen molar-refractivity contribution in [2.75, 3.05) is 42.9 Å². The zero-order valence-electron chi connectivity index (χ0n) is 36.2. The number of nitrogens with two attached hydrogens (primary N) is 1. The molecule has 0 saturated carbocycles. The number of carboxylic acids is 1. The van der Waals surface area contributed by atoms with E-state index in [9.17, 15) is 33.9 Å². The molecule has 0 radical (unpaired) electrons. The van der Waals surface area contributed by atoms with Gasteiger partial charge in [-0.25, -0.2) is 28.3 Å². The van der Waals surface area contributed by atoms with E-state index in [-0.39, 0.29) is 63.4 Å². The number of aromatic carboxylic acids is 1. The maximum Gasteiger partial charge on any atom is 0.410 e. The molecule has 344 valence electrons. The molecule has 3 aromatic carbocycles. The number of halogens is 1. The van der Waals surface area contributed by atoms with Gasteiger partial charge in [0.15, 0.2) is 0 Å². The number of urea groups is 1. The molecular weight excluding hydrogens is 844 g/mol. The van der Waals surface area contributed by atoms with Gasteiger partial charge in [0.1, 0.15) is 36.3 Å². The van der Waals surface area contributed by atoms with Crippen LogP contribution in [0.25, 0.3) is 10.9 Å². The van der Waals surface area contributed by atoms with Crippen LogP contribution in [0, 0.1) is 5.82 Å². The summed E-state index contributed by atoms with van der Waals surface area (Å²) >= 11 is 0. The molecule has 20 heteroatoms. The Morgan fingerprint density at radius 1 is 0.892 bits per heavy atom. The number of pyridine rings is 1. The Labute approximate surface area is 373 Å². The number of aromatic nitrogens is 4. The molecule has 6 rings (SSSR count). The van der Waals surface area contributed by atoms with Gasteiger partial charge in [0.25, 0.3) is 0 Å². The first-order chi connectivity index (χ1) is 31.3. The number of nitrogens with zero attached hydrogens (tertiary/aromatic N) is 6. The third-order valence-electron chi connectivity index (χ3n) is 11.0. The van der Waals surface area contributed by atoms with Gasteiger partial charge >= 0.3 is 24.2 Å². The van der Waals surface area contributed by atoms with Crippen LogP contribution < -0.4 is 32.0 Å². The molecule has 2 aromatic heterocycles. The molecule has 0 aliphatic carbocycles. The minimum absolute atomic E-state index is 0.0240. The number of ether oxygens (including phenoxy) is 2. The summed E-state index contributed by atoms with van der Waals surface area (Å²) in [7, 11) is 0. The third kappa shape index (κ3) is 12.4. The quantitative estimate of drug-likeness (QED) is 0.0628. The summed E-state index contributed by atoms with van der Waals surface area (Å²) in [6.07, 6.45) is 4.57. The average molecular weight is 897 g/mol. The van der Waals surface area contributed by atoms with Crippen LogP contribution in [0.2, 0.25) is 0 Å². The van der Waals surface area contributed by atoms with Gasteiger partial charge in [-0.1, -0.05) is 67.4 Å². The number of carbonyl (C=O) groups excluding carboxylic acids is 4. The number of unbranched alkanes of at least 4 members (excludes halogenated alkanes) is 1. The molecule has 0 bridgehead atoms. The lowest BCUT2D eigenvalue weighted by molar-refractivity contribution is -0.119. The van der Waals surface area contributed by atoms with Crippen LogP contribution in [0.4, 0.5) is 30.1 Å². The number of anilines is 2. The first-order valence-corrected chi connectivity index (χ1v) is 21.4. The van der Waals surface area contributed by atoms with Crippen LogP contribution in [0.3, 0.4) is 0 Å². The van der Waals surface area contributed by atoms with Gasteiger partial charge in [0.2, 0.25) is 11.3 Å². The van der Waals surface area contributed by atoms with Crippen LogP contribution >= 0.6 is 0 Å². The van der Waals surface area contributed by atoms with E-state index in [1.165, 1.54) is 21.8 Å². The van der Waals surface area contributed by atoms with Crippen molar-refractivity contribution < 1.29 is 42.9 Å². The van der Waals surface area contributed by atoms with Crippen molar-refractivity contribution in [3.63, 3.8) is 0 Å². The Morgan fingerprint density at radius 3 is 2.28 bits per heavy atom. The molecule has 1 unspecified atom stereocenters. The second-order valence-electron chi connectivity index (χ2n) is 15.5. The van der Waals surface area contributed by atoms with Crippen LogP contribution in [0.1, 0.15) is 85.2 Å². The van der Waals surface area contributed by atoms with E-state index in [4.69, 9.17) is 15.2 Å². The highest BCUT2D eigenvalue weighted by atomic mass is 19.1. The Hall–Kier alpha value is -7.51. The minimum Gasteiger partial charge on any atom is -0.477 e. The highest BCUT2D eigenvalue weighted by Gasteiger charge is 2.27. The van der Waals surface area contributed by atoms with Crippen molar-refractivity contribution in [1.82, 2.24) is 35.1 Å². The summed E-state index contributed by atoms with van der Waals surface area (Å²) < 4.78 is 29.4. The fraction of sp³-hybridized carbons (Fsp3) is 0.378. The van der Waals surface area contributed by atoms with Gasteiger partial charge < -0.3 is 50.6 Å². The van der Waals surface area contributed by atoms with Gasteiger partial charge in [-0.15, -0.1) is 5.10 Å². The molecule has 0 spiro atoms. The van der Waals surface area contributed by atoms with E-state index in [1.54, 1.807) is 46.9 Å². The van der Waals surface area contributed by atoms with Gasteiger partial charge in [-0.2, -0.15) is 0 Å². The average Bonchev–Trinajstić information content (AvgIpc) is 3.79. The van der Waals surface area contributed by atoms with Crippen molar-refractivity contribution >= 4 is 52.4 Å². The summed E-state index contributed by atoms with van der Waals surface area (Å²) in [6.45, 7) is 5.50. The molecule has 1 saturated heterocycles. The van der Waals surface area contributed by atoms with E-state index < -0.39 is 59.0 Å². The number of benzene rings is 3. The van der Waals surface area contributed by atoms with Gasteiger partial charge in [-0.3, -0.25) is 9.59 Å². The standard InChI is InChI=1S/C45H53FN10O9/c1-3-5-12-35(50-44(62)64-27-29-10-7-6-8-11-29)36-26-56(52-51-36)37(13-9-18-48-43(47)61)41(58)49-31-16-14-30(15-17-31)28-65-45(63)55-21-19-54(20-22-55)39-24-38-32(23-34(39)46)40(57)33(42(59)60)25-53(38)4-2/h6-8,10-11,14-17,23-26,35,37H,3-5,9,12-13,18-22,27-28H2,1-2H3,(H,49,58)(H,50,62)(H,59,60)(H3,47,48,61)/t35-,37?/m0/s1. The number of carboxylic acid groups (broad SMARTS) is 1. The fourth-order valence-electron chi connectivity index (χ4n) is 7.43. The Kier molecular flexibility index (Phi) is 16.1. The van der Waals surface area contributed by atoms with Crippen molar-refractivity contribution in [2.45, 2.75) is 77.8 Å². The summed E-state index contributed by atoms with van der Waals surface area (Å²) in [5.41, 5.74) is 7.11. The van der Waals surface area contributed by atoms with Crippen LogP contribution in [-0.4, -0.2) is 92.4 Å². The molecular formula is C45H53FN10O9. The largest absolute Gasteiger partial charge is 0.477 e. The molecule has 19 nitrogen and oxygen atoms in total. The van der Waals surface area contributed by atoms with Crippen LogP contribution in [0.15, 0.2) is 83.9 Å². The predicted molar refractivity (Wildman–Crippen MR) is 238 cm³/mol. The second kappa shape index (κ2) is 22.2. The monoisotopic (exact) mass is 896 g/mol. The van der Waals surface area contributed by atoms with E-state index in [2.05, 4.69) is 26.3 Å². The Bertz CT molecular complexity index is 2530. The summed E-state index contributed by atoms with van der Waals surface area (Å²) in [4.78, 5) is 78.6. The summed E-state index contributed by atoms with van der Waals surface area (Å²) in [5.74, 6) is -2.46. The number of alkyl carbamates (subject to hydrolysis) is 1. The Morgan fingerprint density at radius 2 is 1.60 bits per heavy atom. The van der Waals surface area contributed by atoms with Gasteiger partial charge in [0.05, 0.1) is 23.4 Å². The number of amides is 5. The first-order valence-electron chi connectivity index (χ1n) is 21.4. The van der Waals surface area contributed by atoms with Gasteiger partial charge in [0, 0.05) is 56.5 Å². The molecule has 1 aliphatic heterocycles. The zero-order chi connectivity index (χ0) is 46.5. The molecule has 65 heavy (non-hydrogen) atoms. The maximum absolute atomic E-state index is 15.4. The Balaban J connectivity index is 1.04. The SMILES string of the molecule is CCCC[C@H](NC(=O)OCc1ccccc1)c1cn(C(CCCNC(N)=O)C(=O)Nc2ccc(COC(=O)N3CCN(c4cc5c(cc4F)c(=O)c(C(=O)O)cn5CC)CC3)cc2)nn1. The molecule has 1 fully saturated rings. The zero-order valence-corrected chi connectivity index (χ0v) is 36.2. The molecule has 1 aliphatic rings. The van der Waals surface area contributed by atoms with Crippen molar-refractivity contribution in [3.05, 3.63) is 118 Å². The number of rotatable bonds is 19. The number of nitrogens with one attached hydrogen (secondary N) is 3. The highest BCUT2D eigenvalue weighted by Crippen LogP contribution is 2.27. The van der Waals surface area contributed by atoms with E-state index in [0.717, 1.165) is 24.5 Å². The number of fused-ring (bicyclic) bond motifs is 1. The lowest BCUT2D eigenvalue weighted by Gasteiger charge is -2.35. The first kappa shape index (κ1) is 47.0. The summed E-state index contributed by atoms with van der Waals surface area (Å²) in [5, 5.41) is 26.3. The van der Waals surface area contributed by atoms with Crippen molar-refractivity contribution in [1.29, 1.82) is 0 Å². The fourth-order valence-corrected chi connectivity index (χ4v) is 7.43. The maximum atomic E-state index is 15.4. The van der Waals surface area contributed by atoms with E-state index in [0.29, 0.717) is 41.8 Å². The molecule has 6 N–H and O–H groups in total. The van der Waals surface area contributed by atoms with E-state index in [1.807, 2.05) is 37.3 Å².